The number of carbonyl (C=O) groups is 1. The molecule has 1 fully saturated rings. The summed E-state index contributed by atoms with van der Waals surface area (Å²) in [6.07, 6.45) is 4.81. The van der Waals surface area contributed by atoms with Crippen molar-refractivity contribution in [3.8, 4) is 0 Å². The van der Waals surface area contributed by atoms with E-state index in [-0.39, 0.29) is 17.1 Å². The summed E-state index contributed by atoms with van der Waals surface area (Å²) in [5.74, 6) is 1.01. The smallest absolute Gasteiger partial charge is 0.254 e. The number of anilines is 1. The Kier molecular flexibility index (Phi) is 4.30. The van der Waals surface area contributed by atoms with Gasteiger partial charge in [0, 0.05) is 6.04 Å². The van der Waals surface area contributed by atoms with Crippen molar-refractivity contribution in [1.29, 1.82) is 0 Å². The molecule has 0 saturated heterocycles. The molecule has 1 heterocycles. The molecule has 19 heavy (non-hydrogen) atoms. The van der Waals surface area contributed by atoms with Crippen LogP contribution >= 0.6 is 11.6 Å². The van der Waals surface area contributed by atoms with Crippen LogP contribution in [0.15, 0.2) is 12.3 Å². The predicted molar refractivity (Wildman–Crippen MR) is 77.1 cm³/mol. The summed E-state index contributed by atoms with van der Waals surface area (Å²) in [4.78, 5) is 16.1. The fourth-order valence-corrected chi connectivity index (χ4v) is 3.09. The maximum Gasteiger partial charge on any atom is 0.254 e. The molecule has 3 atom stereocenters. The van der Waals surface area contributed by atoms with E-state index in [4.69, 9.17) is 17.3 Å². The third kappa shape index (κ3) is 3.00. The van der Waals surface area contributed by atoms with Gasteiger partial charge < -0.3 is 11.1 Å². The molecule has 3 N–H and O–H groups in total. The van der Waals surface area contributed by atoms with Gasteiger partial charge in [0.1, 0.15) is 5.15 Å². The zero-order valence-electron chi connectivity index (χ0n) is 11.3. The molecule has 0 aromatic carbocycles. The van der Waals surface area contributed by atoms with Gasteiger partial charge in [-0.15, -0.1) is 0 Å². The minimum atomic E-state index is -0.182. The number of aromatic nitrogens is 1. The van der Waals surface area contributed by atoms with Gasteiger partial charge in [0.05, 0.1) is 17.4 Å². The molecule has 5 heteroatoms. The van der Waals surface area contributed by atoms with Crippen molar-refractivity contribution in [3.63, 3.8) is 0 Å². The van der Waals surface area contributed by atoms with Crippen molar-refractivity contribution >= 4 is 23.2 Å². The lowest BCUT2D eigenvalue weighted by Crippen LogP contribution is -2.37. The highest BCUT2D eigenvalue weighted by Gasteiger charge is 2.32. The molecule has 1 aromatic rings. The molecule has 1 amide bonds. The molecule has 0 spiro atoms. The topological polar surface area (TPSA) is 68.0 Å². The molecular formula is C14H20ClN3O. The lowest BCUT2D eigenvalue weighted by Gasteiger charge is -2.21. The van der Waals surface area contributed by atoms with Crippen LogP contribution in [0.25, 0.3) is 0 Å². The van der Waals surface area contributed by atoms with Crippen LogP contribution in [0.3, 0.4) is 0 Å². The number of nitrogens with two attached hydrogens (primary N) is 1. The van der Waals surface area contributed by atoms with Gasteiger partial charge in [-0.1, -0.05) is 31.9 Å². The van der Waals surface area contributed by atoms with E-state index in [9.17, 15) is 4.79 Å². The highest BCUT2D eigenvalue weighted by molar-refractivity contribution is 6.32. The predicted octanol–water partition coefficient (Wildman–Crippen LogP) is 2.87. The van der Waals surface area contributed by atoms with Gasteiger partial charge in [-0.25, -0.2) is 4.98 Å². The molecule has 1 saturated carbocycles. The first-order valence-corrected chi connectivity index (χ1v) is 7.12. The van der Waals surface area contributed by atoms with Crippen LogP contribution in [0.5, 0.6) is 0 Å². The third-order valence-electron chi connectivity index (χ3n) is 4.17. The van der Waals surface area contributed by atoms with Crippen LogP contribution in [-0.4, -0.2) is 16.9 Å². The van der Waals surface area contributed by atoms with Crippen LogP contribution in [0.1, 0.15) is 43.5 Å². The number of nitrogens with zero attached hydrogens (tertiary/aromatic N) is 1. The lowest BCUT2D eigenvalue weighted by atomic mass is 9.93. The molecule has 1 aliphatic carbocycles. The number of nitrogens with one attached hydrogen (secondary N) is 1. The average molecular weight is 282 g/mol. The van der Waals surface area contributed by atoms with Crippen LogP contribution < -0.4 is 11.1 Å². The Hall–Kier alpha value is -1.29. The number of nitrogen functional groups attached to an aromatic ring is 1. The monoisotopic (exact) mass is 281 g/mol. The van der Waals surface area contributed by atoms with Crippen LogP contribution in [0.2, 0.25) is 5.15 Å². The molecule has 0 bridgehead atoms. The number of rotatable bonds is 3. The second-order valence-electron chi connectivity index (χ2n) is 5.29. The largest absolute Gasteiger partial charge is 0.397 e. The fourth-order valence-electron chi connectivity index (χ4n) is 2.90. The van der Waals surface area contributed by atoms with Crippen molar-refractivity contribution in [2.45, 2.75) is 39.2 Å². The van der Waals surface area contributed by atoms with Gasteiger partial charge in [0.2, 0.25) is 0 Å². The summed E-state index contributed by atoms with van der Waals surface area (Å²) < 4.78 is 0. The number of halogens is 1. The third-order valence-corrected chi connectivity index (χ3v) is 4.47. The van der Waals surface area contributed by atoms with Gasteiger partial charge in [0.25, 0.3) is 5.91 Å². The highest BCUT2D eigenvalue weighted by Crippen LogP contribution is 2.34. The Morgan fingerprint density at radius 3 is 2.95 bits per heavy atom. The van der Waals surface area contributed by atoms with Crippen LogP contribution in [0.4, 0.5) is 5.69 Å². The van der Waals surface area contributed by atoms with E-state index in [0.29, 0.717) is 23.1 Å². The van der Waals surface area contributed by atoms with E-state index >= 15 is 0 Å². The summed E-state index contributed by atoms with van der Waals surface area (Å²) in [5.41, 5.74) is 6.44. The zero-order chi connectivity index (χ0) is 14.0. The number of carbonyl (C=O) groups excluding carboxylic acids is 1. The van der Waals surface area contributed by atoms with Crippen molar-refractivity contribution < 1.29 is 4.79 Å². The Morgan fingerprint density at radius 2 is 2.32 bits per heavy atom. The number of pyridine rings is 1. The van der Waals surface area contributed by atoms with Crippen molar-refractivity contribution in [1.82, 2.24) is 10.3 Å². The SMILES string of the molecule is CCC1CCC(NC(=O)c2cc(N)cnc2Cl)C1C. The molecule has 0 radical (unpaired) electrons. The molecule has 3 unspecified atom stereocenters. The normalized spacial score (nSPS) is 26.4. The summed E-state index contributed by atoms with van der Waals surface area (Å²) in [7, 11) is 0. The zero-order valence-corrected chi connectivity index (χ0v) is 12.1. The van der Waals surface area contributed by atoms with Crippen LogP contribution in [-0.2, 0) is 0 Å². The van der Waals surface area contributed by atoms with Gasteiger partial charge in [0.15, 0.2) is 0 Å². The van der Waals surface area contributed by atoms with E-state index in [1.165, 1.54) is 12.6 Å². The van der Waals surface area contributed by atoms with E-state index < -0.39 is 0 Å². The summed E-state index contributed by atoms with van der Waals surface area (Å²) in [5, 5.41) is 3.26. The van der Waals surface area contributed by atoms with Gasteiger partial charge in [-0.3, -0.25) is 4.79 Å². The van der Waals surface area contributed by atoms with Crippen molar-refractivity contribution in [2.24, 2.45) is 11.8 Å². The maximum absolute atomic E-state index is 12.2. The first-order chi connectivity index (χ1) is 9.02. The summed E-state index contributed by atoms with van der Waals surface area (Å²) >= 11 is 5.94. The average Bonchev–Trinajstić information content (AvgIpc) is 2.73. The standard InChI is InChI=1S/C14H20ClN3O/c1-3-9-4-5-12(8(9)2)18-14(19)11-6-10(16)7-17-13(11)15/h6-9,12H,3-5,16H2,1-2H3,(H,18,19). The Labute approximate surface area is 118 Å². The van der Waals surface area contributed by atoms with E-state index in [1.54, 1.807) is 6.07 Å². The number of hydrogen-bond acceptors (Lipinski definition) is 3. The molecule has 2 rings (SSSR count). The Balaban J connectivity index is 2.07. The quantitative estimate of drug-likeness (QED) is 0.837. The molecule has 104 valence electrons. The fraction of sp³-hybridized carbons (Fsp3) is 0.571. The molecule has 1 aliphatic rings. The Bertz CT molecular complexity index is 478. The first-order valence-electron chi connectivity index (χ1n) is 6.74. The number of hydrogen-bond donors (Lipinski definition) is 2. The van der Waals surface area contributed by atoms with Gasteiger partial charge in [-0.2, -0.15) is 0 Å². The minimum Gasteiger partial charge on any atom is -0.397 e. The van der Waals surface area contributed by atoms with E-state index in [1.807, 2.05) is 0 Å². The lowest BCUT2D eigenvalue weighted by molar-refractivity contribution is 0.0926. The van der Waals surface area contributed by atoms with Crippen molar-refractivity contribution in [2.75, 3.05) is 5.73 Å². The summed E-state index contributed by atoms with van der Waals surface area (Å²) in [6.45, 7) is 4.40. The maximum atomic E-state index is 12.2. The number of amides is 1. The second-order valence-corrected chi connectivity index (χ2v) is 5.65. The Morgan fingerprint density at radius 1 is 1.58 bits per heavy atom. The second kappa shape index (κ2) is 5.78. The van der Waals surface area contributed by atoms with Gasteiger partial charge in [-0.05, 0) is 30.7 Å². The summed E-state index contributed by atoms with van der Waals surface area (Å²) in [6, 6.07) is 1.79. The molecule has 1 aromatic heterocycles. The van der Waals surface area contributed by atoms with E-state index in [2.05, 4.69) is 24.1 Å². The van der Waals surface area contributed by atoms with Crippen molar-refractivity contribution in [3.05, 3.63) is 23.0 Å². The van der Waals surface area contributed by atoms with E-state index in [0.717, 1.165) is 12.8 Å². The molecule has 0 aliphatic heterocycles. The van der Waals surface area contributed by atoms with Crippen LogP contribution in [0, 0.1) is 11.8 Å². The molecular weight excluding hydrogens is 262 g/mol. The van der Waals surface area contributed by atoms with Gasteiger partial charge >= 0.3 is 0 Å². The first kappa shape index (κ1) is 14.1. The highest BCUT2D eigenvalue weighted by atomic mass is 35.5. The molecule has 4 nitrogen and oxygen atoms in total. The minimum absolute atomic E-state index is 0.182.